The maximum Gasteiger partial charge on any atom is 0.181 e. The van der Waals surface area contributed by atoms with Crippen molar-refractivity contribution < 1.29 is 33.9 Å². The fourth-order valence-electron chi connectivity index (χ4n) is 6.06. The smallest absolute Gasteiger partial charge is 0.181 e. The van der Waals surface area contributed by atoms with Gasteiger partial charge in [0.15, 0.2) is 23.8 Å². The van der Waals surface area contributed by atoms with Crippen molar-refractivity contribution in [3.05, 3.63) is 60.2 Å². The third kappa shape index (κ3) is 20.7. The molecule has 0 N–H and O–H groups in total. The number of aromatic nitrogens is 2. The van der Waals surface area contributed by atoms with Crippen molar-refractivity contribution in [3.8, 4) is 0 Å². The van der Waals surface area contributed by atoms with Crippen molar-refractivity contribution in [2.45, 2.75) is 181 Å². The highest BCUT2D eigenvalue weighted by molar-refractivity contribution is 4.99. The van der Waals surface area contributed by atoms with Gasteiger partial charge < -0.3 is 24.8 Å². The zero-order valence-corrected chi connectivity index (χ0v) is 29.2. The summed E-state index contributed by atoms with van der Waals surface area (Å²) < 4.78 is 5.05. The number of aryl methyl sites for hydroxylation is 4. The fraction of sp³-hybridized carbons (Fsp3) is 0.737. The van der Waals surface area contributed by atoms with Crippen LogP contribution in [0.3, 0.4) is 0 Å². The van der Waals surface area contributed by atoms with Crippen molar-refractivity contribution in [2.75, 3.05) is 0 Å². The van der Waals surface area contributed by atoms with Crippen molar-refractivity contribution in [1.29, 1.82) is 0 Å². The van der Waals surface area contributed by atoms with E-state index >= 15 is 0 Å². The van der Waals surface area contributed by atoms with Gasteiger partial charge in [0, 0.05) is 49.9 Å². The van der Waals surface area contributed by atoms with Crippen LogP contribution in [-0.2, 0) is 25.9 Å². The molecule has 0 fully saturated rings. The fourth-order valence-corrected chi connectivity index (χ4v) is 6.06. The normalized spacial score (nSPS) is 10.8. The highest BCUT2D eigenvalue weighted by Crippen LogP contribution is 2.12. The van der Waals surface area contributed by atoms with E-state index in [1.165, 1.54) is 179 Å². The van der Waals surface area contributed by atoms with E-state index in [0.29, 0.717) is 0 Å². The quantitative estimate of drug-likeness (QED) is 0.101. The maximum atomic E-state index is 2.53. The van der Waals surface area contributed by atoms with Gasteiger partial charge in [-0.1, -0.05) is 129 Å². The number of nitrogens with zero attached hydrogens (tertiary/aromatic N) is 2. The Morgan fingerprint density at radius 2 is 0.690 bits per heavy atom. The lowest BCUT2D eigenvalue weighted by atomic mass is 10.1. The van der Waals surface area contributed by atoms with Gasteiger partial charge in [-0.15, -0.1) is 0 Å². The van der Waals surface area contributed by atoms with Crippen LogP contribution in [0.25, 0.3) is 0 Å². The molecule has 242 valence electrons. The van der Waals surface area contributed by atoms with Gasteiger partial charge in [0.1, 0.15) is 13.1 Å². The molecule has 2 aromatic rings. The van der Waals surface area contributed by atoms with Gasteiger partial charge in [0.05, 0.1) is 0 Å². The van der Waals surface area contributed by atoms with Gasteiger partial charge in [0.2, 0.25) is 0 Å². The standard InChI is InChI=1S/C38H66N2.2ClH/c1-3-5-7-9-11-13-15-17-19-25-33-39-35-27-23-31-37(39)29-21-22-30-38-32-24-28-36-40(38)34-26-20-18-16-14-12-10-8-6-4-2;;/h23-24,27-28,31-32,35-36H,3-22,25-26,29-30,33-34H2,1-2H3;2*1H/q+2;;/p-2. The summed E-state index contributed by atoms with van der Waals surface area (Å²) in [5, 5.41) is 0. The Morgan fingerprint density at radius 1 is 0.381 bits per heavy atom. The molecule has 42 heavy (non-hydrogen) atoms. The van der Waals surface area contributed by atoms with E-state index in [9.17, 15) is 0 Å². The summed E-state index contributed by atoms with van der Waals surface area (Å²) in [4.78, 5) is 0. The highest BCUT2D eigenvalue weighted by atomic mass is 35.5. The van der Waals surface area contributed by atoms with Crippen LogP contribution in [0.2, 0.25) is 0 Å². The number of pyridine rings is 2. The number of hydrogen-bond donors (Lipinski definition) is 0. The molecule has 0 unspecified atom stereocenters. The zero-order valence-electron chi connectivity index (χ0n) is 27.7. The summed E-state index contributed by atoms with van der Waals surface area (Å²) in [5.74, 6) is 0. The number of rotatable bonds is 27. The van der Waals surface area contributed by atoms with Crippen LogP contribution >= 0.6 is 0 Å². The lowest BCUT2D eigenvalue weighted by molar-refractivity contribution is -0.705. The molecule has 2 aromatic heterocycles. The van der Waals surface area contributed by atoms with Crippen molar-refractivity contribution in [2.24, 2.45) is 0 Å². The molecule has 0 saturated heterocycles. The van der Waals surface area contributed by atoms with Gasteiger partial charge in [-0.2, -0.15) is 0 Å². The van der Waals surface area contributed by atoms with Crippen LogP contribution < -0.4 is 33.9 Å². The van der Waals surface area contributed by atoms with Crippen molar-refractivity contribution in [3.63, 3.8) is 0 Å². The molecule has 0 bridgehead atoms. The predicted octanol–water partition coefficient (Wildman–Crippen LogP) is 4.68. The lowest BCUT2D eigenvalue weighted by Gasteiger charge is -2.06. The van der Waals surface area contributed by atoms with Crippen molar-refractivity contribution >= 4 is 0 Å². The molecule has 0 spiro atoms. The SMILES string of the molecule is CCCCCCCCCCCC[n+]1ccccc1CCCCc1cccc[n+]1CCCCCCCCCCCC.[Cl-].[Cl-]. The van der Waals surface area contributed by atoms with Crippen LogP contribution in [0.5, 0.6) is 0 Å². The average molecular weight is 622 g/mol. The Bertz CT molecular complexity index is 772. The van der Waals surface area contributed by atoms with E-state index in [2.05, 4.69) is 71.8 Å². The topological polar surface area (TPSA) is 7.76 Å². The minimum Gasteiger partial charge on any atom is -1.00 e. The number of hydrogen-bond acceptors (Lipinski definition) is 0. The van der Waals surface area contributed by atoms with Crippen molar-refractivity contribution in [1.82, 2.24) is 0 Å². The number of unbranched alkanes of at least 4 members (excludes halogenated alkanes) is 19. The summed E-state index contributed by atoms with van der Waals surface area (Å²) in [5.41, 5.74) is 3.04. The summed E-state index contributed by atoms with van der Waals surface area (Å²) in [6.45, 7) is 6.97. The Kier molecular flexibility index (Phi) is 29.1. The van der Waals surface area contributed by atoms with Crippen LogP contribution in [-0.4, -0.2) is 0 Å². The first kappa shape index (κ1) is 40.9. The molecular formula is C38H66Cl2N2. The Labute approximate surface area is 274 Å². The lowest BCUT2D eigenvalue weighted by Crippen LogP contribution is -3.00. The third-order valence-electron chi connectivity index (χ3n) is 8.69. The minimum absolute atomic E-state index is 0. The molecule has 0 aliphatic rings. The van der Waals surface area contributed by atoms with E-state index in [0.717, 1.165) is 0 Å². The highest BCUT2D eigenvalue weighted by Gasteiger charge is 2.12. The summed E-state index contributed by atoms with van der Waals surface area (Å²) >= 11 is 0. The summed E-state index contributed by atoms with van der Waals surface area (Å²) in [7, 11) is 0. The molecule has 0 atom stereocenters. The minimum atomic E-state index is 0. The first-order valence-electron chi connectivity index (χ1n) is 17.8. The molecule has 0 saturated carbocycles. The molecular weight excluding hydrogens is 555 g/mol. The Hall–Kier alpha value is -1.12. The van der Waals surface area contributed by atoms with E-state index in [-0.39, 0.29) is 24.8 Å². The first-order valence-corrected chi connectivity index (χ1v) is 17.8. The summed E-state index contributed by atoms with van der Waals surface area (Å²) in [6.07, 6.45) is 37.7. The monoisotopic (exact) mass is 620 g/mol. The molecule has 2 heterocycles. The number of halogens is 2. The summed E-state index contributed by atoms with van der Waals surface area (Å²) in [6, 6.07) is 13.6. The third-order valence-corrected chi connectivity index (χ3v) is 8.69. The molecule has 0 aromatic carbocycles. The van der Waals surface area contributed by atoms with E-state index < -0.39 is 0 Å². The second-order valence-electron chi connectivity index (χ2n) is 12.3. The van der Waals surface area contributed by atoms with Gasteiger partial charge in [-0.3, -0.25) is 0 Å². The van der Waals surface area contributed by atoms with Gasteiger partial charge in [-0.25, -0.2) is 9.13 Å². The van der Waals surface area contributed by atoms with Crippen LogP contribution in [0.1, 0.15) is 166 Å². The zero-order chi connectivity index (χ0) is 28.4. The van der Waals surface area contributed by atoms with Gasteiger partial charge in [-0.05, 0) is 25.7 Å². The molecule has 0 radical (unpaired) electrons. The van der Waals surface area contributed by atoms with Crippen LogP contribution in [0, 0.1) is 0 Å². The van der Waals surface area contributed by atoms with Crippen LogP contribution in [0.4, 0.5) is 0 Å². The van der Waals surface area contributed by atoms with E-state index in [4.69, 9.17) is 0 Å². The largest absolute Gasteiger partial charge is 1.00 e. The van der Waals surface area contributed by atoms with E-state index in [1.54, 1.807) is 0 Å². The molecule has 2 nitrogen and oxygen atoms in total. The molecule has 4 heteroatoms. The van der Waals surface area contributed by atoms with Crippen LogP contribution in [0.15, 0.2) is 48.8 Å². The molecule has 0 amide bonds. The van der Waals surface area contributed by atoms with Gasteiger partial charge >= 0.3 is 0 Å². The second kappa shape index (κ2) is 29.9. The molecule has 2 rings (SSSR count). The molecule has 0 aliphatic heterocycles. The Balaban J connectivity index is 0.00000840. The van der Waals surface area contributed by atoms with E-state index in [1.807, 2.05) is 0 Å². The average Bonchev–Trinajstić information content (AvgIpc) is 2.98. The Morgan fingerprint density at radius 3 is 1.02 bits per heavy atom. The first-order chi connectivity index (χ1) is 19.8. The predicted molar refractivity (Wildman–Crippen MR) is 174 cm³/mol. The molecule has 0 aliphatic carbocycles. The van der Waals surface area contributed by atoms with Gasteiger partial charge in [0.25, 0.3) is 0 Å². The second-order valence-corrected chi connectivity index (χ2v) is 12.3. The maximum absolute atomic E-state index is 2.53.